The van der Waals surface area contributed by atoms with Gasteiger partial charge in [-0.1, -0.05) is 23.4 Å². The highest BCUT2D eigenvalue weighted by atomic mass is 16.5. The molecule has 0 saturated heterocycles. The fourth-order valence-electron chi connectivity index (χ4n) is 3.16. The molecule has 1 aromatic heterocycles. The van der Waals surface area contributed by atoms with Gasteiger partial charge >= 0.3 is 6.03 Å². The van der Waals surface area contributed by atoms with E-state index in [0.717, 1.165) is 48.3 Å². The highest BCUT2D eigenvalue weighted by Crippen LogP contribution is 2.28. The van der Waals surface area contributed by atoms with Crippen LogP contribution in [0.25, 0.3) is 0 Å². The van der Waals surface area contributed by atoms with Crippen molar-refractivity contribution >= 4 is 11.8 Å². The normalized spacial score (nSPS) is 16.8. The lowest BCUT2D eigenvalue weighted by Crippen LogP contribution is -2.36. The van der Waals surface area contributed by atoms with Gasteiger partial charge in [0.1, 0.15) is 18.1 Å². The Morgan fingerprint density at radius 1 is 1.22 bits per heavy atom. The predicted octanol–water partition coefficient (Wildman–Crippen LogP) is 2.98. The van der Waals surface area contributed by atoms with Crippen LogP contribution in [-0.4, -0.2) is 29.2 Å². The van der Waals surface area contributed by atoms with Crippen molar-refractivity contribution in [1.82, 2.24) is 10.1 Å². The Kier molecular flexibility index (Phi) is 3.65. The van der Waals surface area contributed by atoms with Crippen LogP contribution in [0.15, 0.2) is 28.8 Å². The molecule has 1 aliphatic heterocycles. The number of rotatable bonds is 1. The average Bonchev–Trinajstić information content (AvgIpc) is 2.85. The van der Waals surface area contributed by atoms with Crippen LogP contribution in [-0.2, 0) is 19.4 Å². The minimum Gasteiger partial charge on any atom is -0.491 e. The summed E-state index contributed by atoms with van der Waals surface area (Å²) < 4.78 is 11.0. The molecular formula is C17H19N3O3. The number of hydrogen-bond acceptors (Lipinski definition) is 4. The first-order valence-corrected chi connectivity index (χ1v) is 8.05. The lowest BCUT2D eigenvalue weighted by Gasteiger charge is -2.20. The number of ether oxygens (including phenoxy) is 1. The molecule has 6 heteroatoms. The predicted molar refractivity (Wildman–Crippen MR) is 84.5 cm³/mol. The second kappa shape index (κ2) is 5.95. The summed E-state index contributed by atoms with van der Waals surface area (Å²) >= 11 is 0. The van der Waals surface area contributed by atoms with Crippen molar-refractivity contribution in [2.75, 3.05) is 18.5 Å². The van der Waals surface area contributed by atoms with Crippen LogP contribution in [0.1, 0.15) is 29.7 Å². The third-order valence-corrected chi connectivity index (χ3v) is 4.42. The third-order valence-electron chi connectivity index (χ3n) is 4.42. The number of urea groups is 1. The van der Waals surface area contributed by atoms with Crippen molar-refractivity contribution < 1.29 is 14.1 Å². The van der Waals surface area contributed by atoms with E-state index >= 15 is 0 Å². The fraction of sp³-hybridized carbons (Fsp3) is 0.412. The Morgan fingerprint density at radius 3 is 3.04 bits per heavy atom. The van der Waals surface area contributed by atoms with E-state index in [9.17, 15) is 4.79 Å². The van der Waals surface area contributed by atoms with Gasteiger partial charge in [0.25, 0.3) is 0 Å². The Bertz CT molecular complexity index is 726. The molecule has 120 valence electrons. The van der Waals surface area contributed by atoms with Crippen molar-refractivity contribution in [3.05, 3.63) is 41.2 Å². The number of aromatic nitrogens is 1. The van der Waals surface area contributed by atoms with E-state index in [4.69, 9.17) is 9.26 Å². The maximum absolute atomic E-state index is 12.6. The van der Waals surface area contributed by atoms with Crippen molar-refractivity contribution in [1.29, 1.82) is 0 Å². The van der Waals surface area contributed by atoms with E-state index in [1.165, 1.54) is 0 Å². The molecule has 0 saturated carbocycles. The molecule has 0 radical (unpaired) electrons. The van der Waals surface area contributed by atoms with Gasteiger partial charge in [-0.2, -0.15) is 0 Å². The van der Waals surface area contributed by atoms with E-state index in [-0.39, 0.29) is 6.03 Å². The van der Waals surface area contributed by atoms with Gasteiger partial charge in [0.2, 0.25) is 0 Å². The monoisotopic (exact) mass is 313 g/mol. The van der Waals surface area contributed by atoms with Crippen LogP contribution in [0.2, 0.25) is 0 Å². The van der Waals surface area contributed by atoms with E-state index in [0.29, 0.717) is 25.5 Å². The van der Waals surface area contributed by atoms with Gasteiger partial charge in [-0.25, -0.2) is 4.79 Å². The van der Waals surface area contributed by atoms with Crippen LogP contribution in [0, 0.1) is 0 Å². The summed E-state index contributed by atoms with van der Waals surface area (Å²) in [6, 6.07) is 7.66. The van der Waals surface area contributed by atoms with Gasteiger partial charge in [-0.15, -0.1) is 0 Å². The van der Waals surface area contributed by atoms with E-state index in [1.54, 1.807) is 4.90 Å². The smallest absolute Gasteiger partial charge is 0.323 e. The van der Waals surface area contributed by atoms with Gasteiger partial charge in [0.15, 0.2) is 5.82 Å². The molecule has 1 aromatic carbocycles. The average molecular weight is 313 g/mol. The summed E-state index contributed by atoms with van der Waals surface area (Å²) in [4.78, 5) is 14.3. The minimum absolute atomic E-state index is 0.160. The van der Waals surface area contributed by atoms with Crippen molar-refractivity contribution in [3.63, 3.8) is 0 Å². The minimum atomic E-state index is -0.160. The Hall–Kier alpha value is -2.50. The lowest BCUT2D eigenvalue weighted by atomic mass is 9.98. The van der Waals surface area contributed by atoms with Crippen LogP contribution in [0.5, 0.6) is 5.75 Å². The van der Waals surface area contributed by atoms with Crippen LogP contribution in [0.3, 0.4) is 0 Å². The Balaban J connectivity index is 1.50. The number of nitrogens with one attached hydrogen (secondary N) is 1. The molecule has 2 heterocycles. The van der Waals surface area contributed by atoms with Gasteiger partial charge in [0.05, 0.1) is 13.1 Å². The van der Waals surface area contributed by atoms with Crippen molar-refractivity contribution in [3.8, 4) is 5.75 Å². The SMILES string of the molecule is O=C(Nc1noc2c1CCCC2)N1CCOc2ccccc2C1. The summed E-state index contributed by atoms with van der Waals surface area (Å²) in [6.07, 6.45) is 4.06. The number of carbonyl (C=O) groups excluding carboxylic acids is 1. The molecule has 2 amide bonds. The van der Waals surface area contributed by atoms with Gasteiger partial charge < -0.3 is 14.2 Å². The third kappa shape index (κ3) is 2.76. The molecule has 0 atom stereocenters. The number of para-hydroxylation sites is 1. The molecule has 0 unspecified atom stereocenters. The lowest BCUT2D eigenvalue weighted by molar-refractivity contribution is 0.200. The molecule has 4 rings (SSSR count). The summed E-state index contributed by atoms with van der Waals surface area (Å²) in [5.74, 6) is 2.33. The standard InChI is InChI=1S/C17H19N3O3/c21-17(18-16-13-6-2-4-8-15(13)23-19-16)20-9-10-22-14-7-3-1-5-12(14)11-20/h1,3,5,7H,2,4,6,8-11H2,(H,18,19,21). The second-order valence-corrected chi connectivity index (χ2v) is 5.95. The number of carbonyl (C=O) groups is 1. The molecule has 0 fully saturated rings. The van der Waals surface area contributed by atoms with Crippen molar-refractivity contribution in [2.24, 2.45) is 0 Å². The maximum Gasteiger partial charge on any atom is 0.323 e. The van der Waals surface area contributed by atoms with E-state index < -0.39 is 0 Å². The number of aryl methyl sites for hydroxylation is 1. The molecule has 6 nitrogen and oxygen atoms in total. The number of anilines is 1. The second-order valence-electron chi connectivity index (χ2n) is 5.95. The summed E-state index contributed by atoms with van der Waals surface area (Å²) in [6.45, 7) is 1.56. The molecule has 2 aliphatic rings. The van der Waals surface area contributed by atoms with E-state index in [2.05, 4.69) is 10.5 Å². The molecular weight excluding hydrogens is 294 g/mol. The van der Waals surface area contributed by atoms with E-state index in [1.807, 2.05) is 24.3 Å². The Labute approximate surface area is 134 Å². The molecule has 23 heavy (non-hydrogen) atoms. The van der Waals surface area contributed by atoms with Crippen LogP contribution < -0.4 is 10.1 Å². The topological polar surface area (TPSA) is 67.6 Å². The number of benzene rings is 1. The summed E-state index contributed by atoms with van der Waals surface area (Å²) in [7, 11) is 0. The largest absolute Gasteiger partial charge is 0.491 e. The highest BCUT2D eigenvalue weighted by Gasteiger charge is 2.24. The van der Waals surface area contributed by atoms with Gasteiger partial charge in [-0.3, -0.25) is 5.32 Å². The first-order chi connectivity index (χ1) is 11.3. The number of nitrogens with zero attached hydrogens (tertiary/aromatic N) is 2. The quantitative estimate of drug-likeness (QED) is 0.879. The van der Waals surface area contributed by atoms with Crippen molar-refractivity contribution in [2.45, 2.75) is 32.2 Å². The number of amides is 2. The zero-order valence-corrected chi connectivity index (χ0v) is 12.9. The number of fused-ring (bicyclic) bond motifs is 2. The zero-order valence-electron chi connectivity index (χ0n) is 12.9. The molecule has 1 aliphatic carbocycles. The number of hydrogen-bond donors (Lipinski definition) is 1. The van der Waals surface area contributed by atoms with Crippen LogP contribution in [0.4, 0.5) is 10.6 Å². The summed E-state index contributed by atoms with van der Waals surface area (Å²) in [5.41, 5.74) is 2.07. The first-order valence-electron chi connectivity index (χ1n) is 8.05. The zero-order chi connectivity index (χ0) is 15.6. The molecule has 2 aromatic rings. The van der Waals surface area contributed by atoms with Gasteiger partial charge in [0, 0.05) is 17.5 Å². The van der Waals surface area contributed by atoms with Crippen LogP contribution >= 0.6 is 0 Å². The first kappa shape index (κ1) is 14.1. The molecule has 0 spiro atoms. The maximum atomic E-state index is 12.6. The summed E-state index contributed by atoms with van der Waals surface area (Å²) in [5, 5.41) is 6.94. The fourth-order valence-corrected chi connectivity index (χ4v) is 3.16. The highest BCUT2D eigenvalue weighted by molar-refractivity contribution is 5.89. The van der Waals surface area contributed by atoms with Gasteiger partial charge in [-0.05, 0) is 25.3 Å². The Morgan fingerprint density at radius 2 is 2.09 bits per heavy atom. The molecule has 1 N–H and O–H groups in total. The molecule has 0 bridgehead atoms.